The second-order valence-corrected chi connectivity index (χ2v) is 24.1. The topological polar surface area (TPSA) is 78.9 Å². The summed E-state index contributed by atoms with van der Waals surface area (Å²) in [6.45, 7) is 6.57. The molecule has 0 bridgehead atoms. The molecule has 0 aliphatic rings. The molecule has 0 aromatic heterocycles. The zero-order valence-corrected chi connectivity index (χ0v) is 53.9. The Labute approximate surface area is 498 Å². The summed E-state index contributed by atoms with van der Waals surface area (Å²) < 4.78 is 16.9. The van der Waals surface area contributed by atoms with E-state index in [1.807, 2.05) is 0 Å². The number of ether oxygens (including phenoxy) is 3. The van der Waals surface area contributed by atoms with Crippen molar-refractivity contribution < 1.29 is 28.6 Å². The Hall–Kier alpha value is -2.63. The maximum absolute atomic E-state index is 12.9. The van der Waals surface area contributed by atoms with Gasteiger partial charge in [0.25, 0.3) is 0 Å². The molecule has 6 nitrogen and oxygen atoms in total. The Morgan fingerprint density at radius 3 is 0.762 bits per heavy atom. The number of unbranched alkanes of at least 4 members (excludes halogenated alkanes) is 47. The van der Waals surface area contributed by atoms with Gasteiger partial charge in [-0.1, -0.05) is 358 Å². The largest absolute Gasteiger partial charge is 0.462 e. The van der Waals surface area contributed by atoms with Crippen LogP contribution in [0.3, 0.4) is 0 Å². The Morgan fingerprint density at radius 2 is 0.487 bits per heavy atom. The molecule has 0 spiro atoms. The summed E-state index contributed by atoms with van der Waals surface area (Å²) in [6, 6.07) is 0. The lowest BCUT2D eigenvalue weighted by molar-refractivity contribution is -0.167. The van der Waals surface area contributed by atoms with Gasteiger partial charge in [-0.05, 0) is 57.8 Å². The Kier molecular flexibility index (Phi) is 66.6. The third-order valence-electron chi connectivity index (χ3n) is 16.1. The van der Waals surface area contributed by atoms with E-state index in [0.29, 0.717) is 19.3 Å². The molecule has 0 N–H and O–H groups in total. The first-order valence-corrected chi connectivity index (χ1v) is 35.6. The van der Waals surface area contributed by atoms with Crippen LogP contribution in [0.5, 0.6) is 0 Å². The number of hydrogen-bond acceptors (Lipinski definition) is 6. The molecule has 0 heterocycles. The molecule has 1 unspecified atom stereocenters. The van der Waals surface area contributed by atoms with Gasteiger partial charge in [-0.2, -0.15) is 0 Å². The molecule has 0 saturated carbocycles. The lowest BCUT2D eigenvalue weighted by atomic mass is 10.0. The summed E-state index contributed by atoms with van der Waals surface area (Å²) in [5.74, 6) is -0.846. The standard InChI is InChI=1S/C74H136O6/c1-4-7-10-13-16-19-21-23-25-27-29-31-33-35-37-39-41-43-45-47-49-51-53-55-58-61-64-67-73(76)79-70-71(69-78-72(75)66-63-60-57-18-15-12-9-6-3)80-74(77)68-65-62-59-56-54-52-50-48-46-44-42-40-38-36-34-32-30-28-26-24-22-20-17-14-11-8-5-2/h7,10,16,19,23,25,29,31,71H,4-6,8-9,11-15,17-18,20-22,24,26-28,30,32-70H2,1-3H3/b10-7-,19-16-,25-23-,31-29-. The van der Waals surface area contributed by atoms with E-state index in [0.717, 1.165) is 83.5 Å². The molecule has 0 amide bonds. The van der Waals surface area contributed by atoms with Crippen molar-refractivity contribution in [3.63, 3.8) is 0 Å². The lowest BCUT2D eigenvalue weighted by Crippen LogP contribution is -2.30. The zero-order chi connectivity index (χ0) is 57.8. The van der Waals surface area contributed by atoms with Crippen LogP contribution in [-0.2, 0) is 28.6 Å². The number of carbonyl (C=O) groups excluding carboxylic acids is 3. The summed E-state index contributed by atoms with van der Waals surface area (Å²) in [6.07, 6.45) is 87.4. The molecule has 468 valence electrons. The second-order valence-electron chi connectivity index (χ2n) is 24.1. The summed E-state index contributed by atoms with van der Waals surface area (Å²) in [5.41, 5.74) is 0. The van der Waals surface area contributed by atoms with Crippen LogP contribution in [0, 0.1) is 0 Å². The summed E-state index contributed by atoms with van der Waals surface area (Å²) in [7, 11) is 0. The SMILES string of the molecule is CC/C=C\C/C=C\C/C=C\C/C=C\CCCCCCCCCCCCCCCCC(=O)OCC(COC(=O)CCCCCCCCCC)OC(=O)CCCCCCCCCCCCCCCCCCCCCCCCCCCCC. The molecule has 0 aliphatic heterocycles. The van der Waals surface area contributed by atoms with Gasteiger partial charge in [0.15, 0.2) is 6.10 Å². The van der Waals surface area contributed by atoms with Crippen molar-refractivity contribution in [1.29, 1.82) is 0 Å². The number of hydrogen-bond donors (Lipinski definition) is 0. The second kappa shape index (κ2) is 68.9. The molecule has 0 rings (SSSR count). The number of carbonyl (C=O) groups is 3. The monoisotopic (exact) mass is 1120 g/mol. The van der Waals surface area contributed by atoms with E-state index in [9.17, 15) is 14.4 Å². The highest BCUT2D eigenvalue weighted by molar-refractivity contribution is 5.71. The van der Waals surface area contributed by atoms with Crippen molar-refractivity contribution in [3.8, 4) is 0 Å². The third kappa shape index (κ3) is 66.2. The van der Waals surface area contributed by atoms with Crippen molar-refractivity contribution in [2.45, 2.75) is 393 Å². The van der Waals surface area contributed by atoms with Crippen LogP contribution in [0.15, 0.2) is 48.6 Å². The van der Waals surface area contributed by atoms with E-state index >= 15 is 0 Å². The maximum Gasteiger partial charge on any atom is 0.306 e. The normalized spacial score (nSPS) is 12.3. The predicted octanol–water partition coefficient (Wildman–Crippen LogP) is 24.5. The molecule has 0 saturated heterocycles. The smallest absolute Gasteiger partial charge is 0.306 e. The maximum atomic E-state index is 12.9. The van der Waals surface area contributed by atoms with E-state index in [-0.39, 0.29) is 31.1 Å². The quantitative estimate of drug-likeness (QED) is 0.0261. The molecule has 0 fully saturated rings. The van der Waals surface area contributed by atoms with Gasteiger partial charge in [-0.3, -0.25) is 14.4 Å². The molecule has 0 aliphatic carbocycles. The van der Waals surface area contributed by atoms with Crippen LogP contribution in [0.2, 0.25) is 0 Å². The van der Waals surface area contributed by atoms with Crippen molar-refractivity contribution in [2.24, 2.45) is 0 Å². The van der Waals surface area contributed by atoms with E-state index in [2.05, 4.69) is 69.4 Å². The number of rotatable bonds is 66. The van der Waals surface area contributed by atoms with Crippen molar-refractivity contribution in [3.05, 3.63) is 48.6 Å². The van der Waals surface area contributed by atoms with Crippen molar-refractivity contribution >= 4 is 17.9 Å². The number of allylic oxidation sites excluding steroid dienone is 8. The molecular formula is C74H136O6. The summed E-state index contributed by atoms with van der Waals surface area (Å²) in [5, 5.41) is 0. The summed E-state index contributed by atoms with van der Waals surface area (Å²) >= 11 is 0. The van der Waals surface area contributed by atoms with Crippen LogP contribution < -0.4 is 0 Å². The van der Waals surface area contributed by atoms with Crippen LogP contribution in [0.4, 0.5) is 0 Å². The van der Waals surface area contributed by atoms with Crippen LogP contribution >= 0.6 is 0 Å². The molecule has 80 heavy (non-hydrogen) atoms. The Bertz CT molecular complexity index is 1380. The van der Waals surface area contributed by atoms with E-state index in [4.69, 9.17) is 14.2 Å². The van der Waals surface area contributed by atoms with Gasteiger partial charge in [-0.15, -0.1) is 0 Å². The fourth-order valence-corrected chi connectivity index (χ4v) is 10.8. The minimum absolute atomic E-state index is 0.0673. The molecule has 0 aromatic carbocycles. The van der Waals surface area contributed by atoms with Gasteiger partial charge in [-0.25, -0.2) is 0 Å². The summed E-state index contributed by atoms with van der Waals surface area (Å²) in [4.78, 5) is 38.3. The van der Waals surface area contributed by atoms with Gasteiger partial charge in [0.05, 0.1) is 0 Å². The van der Waals surface area contributed by atoms with Gasteiger partial charge < -0.3 is 14.2 Å². The number of esters is 3. The molecule has 1 atom stereocenters. The third-order valence-corrected chi connectivity index (χ3v) is 16.1. The first kappa shape index (κ1) is 77.4. The van der Waals surface area contributed by atoms with E-state index < -0.39 is 6.10 Å². The Balaban J connectivity index is 4.06. The first-order valence-electron chi connectivity index (χ1n) is 35.6. The average Bonchev–Trinajstić information content (AvgIpc) is 3.46. The predicted molar refractivity (Wildman–Crippen MR) is 349 cm³/mol. The van der Waals surface area contributed by atoms with Crippen LogP contribution in [-0.4, -0.2) is 37.2 Å². The molecule has 0 radical (unpaired) electrons. The fourth-order valence-electron chi connectivity index (χ4n) is 10.8. The minimum Gasteiger partial charge on any atom is -0.462 e. The van der Waals surface area contributed by atoms with Crippen molar-refractivity contribution in [1.82, 2.24) is 0 Å². The van der Waals surface area contributed by atoms with Crippen LogP contribution in [0.25, 0.3) is 0 Å². The van der Waals surface area contributed by atoms with Gasteiger partial charge in [0.2, 0.25) is 0 Å². The average molecular weight is 1120 g/mol. The molecule has 6 heteroatoms. The highest BCUT2D eigenvalue weighted by atomic mass is 16.6. The lowest BCUT2D eigenvalue weighted by Gasteiger charge is -2.18. The van der Waals surface area contributed by atoms with Crippen molar-refractivity contribution in [2.75, 3.05) is 13.2 Å². The molecule has 0 aromatic rings. The van der Waals surface area contributed by atoms with Crippen LogP contribution in [0.1, 0.15) is 387 Å². The van der Waals surface area contributed by atoms with Gasteiger partial charge in [0.1, 0.15) is 13.2 Å². The highest BCUT2D eigenvalue weighted by Gasteiger charge is 2.19. The fraction of sp³-hybridized carbons (Fsp3) is 0.851. The first-order chi connectivity index (χ1) is 39.5. The van der Waals surface area contributed by atoms with Gasteiger partial charge >= 0.3 is 17.9 Å². The molecular weight excluding hydrogens is 985 g/mol. The Morgan fingerprint density at radius 1 is 0.263 bits per heavy atom. The zero-order valence-electron chi connectivity index (χ0n) is 53.9. The minimum atomic E-state index is -0.769. The van der Waals surface area contributed by atoms with Gasteiger partial charge in [0, 0.05) is 19.3 Å². The van der Waals surface area contributed by atoms with E-state index in [1.165, 1.54) is 263 Å². The van der Waals surface area contributed by atoms with E-state index in [1.54, 1.807) is 0 Å². The highest BCUT2D eigenvalue weighted by Crippen LogP contribution is 2.19.